The van der Waals surface area contributed by atoms with Crippen LogP contribution in [0.1, 0.15) is 9.67 Å². The van der Waals surface area contributed by atoms with Crippen molar-refractivity contribution in [2.75, 3.05) is 11.9 Å². The Morgan fingerprint density at radius 3 is 2.60 bits per heavy atom. The Morgan fingerprint density at radius 1 is 1.12 bits per heavy atom. The number of nitrogens with one attached hydrogen (secondary N) is 2. The highest BCUT2D eigenvalue weighted by Crippen LogP contribution is 2.34. The van der Waals surface area contributed by atoms with Gasteiger partial charge in [0, 0.05) is 15.8 Å². The minimum Gasteiger partial charge on any atom is -0.342 e. The smallest absolute Gasteiger partial charge is 0.263 e. The fourth-order valence-corrected chi connectivity index (χ4v) is 3.79. The molecule has 2 aromatic carbocycles. The molecule has 0 aliphatic rings. The summed E-state index contributed by atoms with van der Waals surface area (Å²) in [5.41, 5.74) is 0.338. The first-order valence-corrected chi connectivity index (χ1v) is 8.73. The lowest BCUT2D eigenvalue weighted by molar-refractivity contribution is -0.115. The van der Waals surface area contributed by atoms with Gasteiger partial charge in [-0.3, -0.25) is 9.59 Å². The van der Waals surface area contributed by atoms with Gasteiger partial charge in [-0.15, -0.1) is 11.3 Å². The van der Waals surface area contributed by atoms with E-state index >= 15 is 0 Å². The van der Waals surface area contributed by atoms with Crippen molar-refractivity contribution in [3.63, 3.8) is 0 Å². The van der Waals surface area contributed by atoms with Crippen LogP contribution in [0.3, 0.4) is 0 Å². The molecule has 1 heterocycles. The number of carbonyl (C=O) groups is 2. The van der Waals surface area contributed by atoms with E-state index in [4.69, 9.17) is 23.2 Å². The number of benzene rings is 2. The van der Waals surface area contributed by atoms with Gasteiger partial charge in [-0.1, -0.05) is 41.4 Å². The molecule has 1 aromatic heterocycles. The van der Waals surface area contributed by atoms with Crippen LogP contribution < -0.4 is 10.6 Å². The monoisotopic (exact) mass is 396 g/mol. The molecular formula is C17H11Cl2FN2O2S. The van der Waals surface area contributed by atoms with Gasteiger partial charge in [-0.25, -0.2) is 4.39 Å². The normalized spacial score (nSPS) is 10.7. The second kappa shape index (κ2) is 7.39. The van der Waals surface area contributed by atoms with Gasteiger partial charge < -0.3 is 10.6 Å². The molecule has 0 spiro atoms. The first kappa shape index (κ1) is 17.7. The standard InChI is InChI=1S/C17H11Cl2FN2O2S/c18-11-7-9(5-6-12(11)20)22-14(23)8-21-17(24)16-15(19)10-3-1-2-4-13(10)25-16/h1-7H,8H2,(H,21,24)(H,22,23). The van der Waals surface area contributed by atoms with E-state index in [1.165, 1.54) is 23.5 Å². The van der Waals surface area contributed by atoms with Crippen molar-refractivity contribution in [3.05, 3.63) is 63.2 Å². The van der Waals surface area contributed by atoms with Crippen LogP contribution in [0.2, 0.25) is 10.0 Å². The second-order valence-electron chi connectivity index (χ2n) is 5.10. The summed E-state index contributed by atoms with van der Waals surface area (Å²) < 4.78 is 14.0. The van der Waals surface area contributed by atoms with Crippen LogP contribution in [0.5, 0.6) is 0 Å². The first-order valence-electron chi connectivity index (χ1n) is 7.16. The molecule has 4 nitrogen and oxygen atoms in total. The fourth-order valence-electron chi connectivity index (χ4n) is 2.18. The maximum absolute atomic E-state index is 13.1. The molecule has 0 aliphatic heterocycles. The summed E-state index contributed by atoms with van der Waals surface area (Å²) in [5, 5.41) is 6.10. The predicted octanol–water partition coefficient (Wildman–Crippen LogP) is 4.72. The van der Waals surface area contributed by atoms with Gasteiger partial charge in [0.05, 0.1) is 16.6 Å². The largest absolute Gasteiger partial charge is 0.342 e. The fraction of sp³-hybridized carbons (Fsp3) is 0.0588. The number of hydrogen-bond acceptors (Lipinski definition) is 3. The zero-order chi connectivity index (χ0) is 18.0. The van der Waals surface area contributed by atoms with Crippen molar-refractivity contribution in [3.8, 4) is 0 Å². The number of rotatable bonds is 4. The summed E-state index contributed by atoms with van der Waals surface area (Å²) >= 11 is 13.1. The number of carbonyl (C=O) groups excluding carboxylic acids is 2. The Hall–Kier alpha value is -2.15. The lowest BCUT2D eigenvalue weighted by Gasteiger charge is -2.07. The van der Waals surface area contributed by atoms with E-state index in [2.05, 4.69) is 10.6 Å². The van der Waals surface area contributed by atoms with Gasteiger partial charge in [0.2, 0.25) is 5.91 Å². The molecule has 0 saturated heterocycles. The molecule has 25 heavy (non-hydrogen) atoms. The molecule has 8 heteroatoms. The third-order valence-electron chi connectivity index (χ3n) is 3.35. The summed E-state index contributed by atoms with van der Waals surface area (Å²) in [6.07, 6.45) is 0. The van der Waals surface area contributed by atoms with Crippen LogP contribution in [0, 0.1) is 5.82 Å². The Morgan fingerprint density at radius 2 is 1.88 bits per heavy atom. The minimum absolute atomic E-state index is 0.0982. The van der Waals surface area contributed by atoms with Crippen LogP contribution in [-0.4, -0.2) is 18.4 Å². The van der Waals surface area contributed by atoms with E-state index in [-0.39, 0.29) is 11.6 Å². The average Bonchev–Trinajstić information content (AvgIpc) is 2.93. The van der Waals surface area contributed by atoms with Gasteiger partial charge in [-0.05, 0) is 24.3 Å². The SMILES string of the molecule is O=C(CNC(=O)c1sc2ccccc2c1Cl)Nc1ccc(F)c(Cl)c1. The molecular weight excluding hydrogens is 386 g/mol. The van der Waals surface area contributed by atoms with Crippen molar-refractivity contribution in [2.45, 2.75) is 0 Å². The van der Waals surface area contributed by atoms with Gasteiger partial charge in [0.15, 0.2) is 0 Å². The summed E-state index contributed by atoms with van der Waals surface area (Å²) in [5.74, 6) is -1.47. The molecule has 2 N–H and O–H groups in total. The van der Waals surface area contributed by atoms with Crippen molar-refractivity contribution in [2.24, 2.45) is 0 Å². The number of halogens is 3. The second-order valence-corrected chi connectivity index (χ2v) is 6.94. The Kier molecular flexibility index (Phi) is 5.22. The van der Waals surface area contributed by atoms with Crippen LogP contribution in [0.15, 0.2) is 42.5 Å². The van der Waals surface area contributed by atoms with Gasteiger partial charge >= 0.3 is 0 Å². The Balaban J connectivity index is 1.64. The molecule has 0 fully saturated rings. The lowest BCUT2D eigenvalue weighted by atomic mass is 10.2. The molecule has 3 aromatic rings. The highest BCUT2D eigenvalue weighted by atomic mass is 35.5. The van der Waals surface area contributed by atoms with Crippen LogP contribution >= 0.6 is 34.5 Å². The maximum Gasteiger partial charge on any atom is 0.263 e. The molecule has 3 rings (SSSR count). The van der Waals surface area contributed by atoms with Gasteiger partial charge in [0.1, 0.15) is 10.7 Å². The number of anilines is 1. The molecule has 0 radical (unpaired) electrons. The molecule has 0 unspecified atom stereocenters. The van der Waals surface area contributed by atoms with Crippen molar-refractivity contribution in [1.29, 1.82) is 0 Å². The Bertz CT molecular complexity index is 974. The average molecular weight is 397 g/mol. The highest BCUT2D eigenvalue weighted by Gasteiger charge is 2.17. The van der Waals surface area contributed by atoms with Crippen molar-refractivity contribution >= 4 is 62.1 Å². The molecule has 0 saturated carbocycles. The third-order valence-corrected chi connectivity index (χ3v) is 5.32. The zero-order valence-corrected chi connectivity index (χ0v) is 14.9. The van der Waals surface area contributed by atoms with E-state index in [0.29, 0.717) is 15.6 Å². The Labute approximate surface area is 156 Å². The highest BCUT2D eigenvalue weighted by molar-refractivity contribution is 7.21. The van der Waals surface area contributed by atoms with E-state index in [1.54, 1.807) is 0 Å². The van der Waals surface area contributed by atoms with E-state index in [1.807, 2.05) is 24.3 Å². The maximum atomic E-state index is 13.1. The summed E-state index contributed by atoms with van der Waals surface area (Å²) in [4.78, 5) is 24.5. The van der Waals surface area contributed by atoms with Crippen molar-refractivity contribution in [1.82, 2.24) is 5.32 Å². The lowest BCUT2D eigenvalue weighted by Crippen LogP contribution is -2.32. The summed E-state index contributed by atoms with van der Waals surface area (Å²) in [6, 6.07) is 11.2. The predicted molar refractivity (Wildman–Crippen MR) is 99.2 cm³/mol. The van der Waals surface area contributed by atoms with E-state index < -0.39 is 17.6 Å². The van der Waals surface area contributed by atoms with E-state index in [0.717, 1.165) is 16.2 Å². The first-order chi connectivity index (χ1) is 12.0. The molecule has 0 aliphatic carbocycles. The number of amides is 2. The molecule has 2 amide bonds. The number of hydrogen-bond donors (Lipinski definition) is 2. The van der Waals surface area contributed by atoms with Crippen LogP contribution in [0.25, 0.3) is 10.1 Å². The molecule has 0 bridgehead atoms. The van der Waals surface area contributed by atoms with Gasteiger partial charge in [0.25, 0.3) is 5.91 Å². The summed E-state index contributed by atoms with van der Waals surface area (Å²) in [7, 11) is 0. The summed E-state index contributed by atoms with van der Waals surface area (Å²) in [6.45, 7) is -0.252. The molecule has 0 atom stereocenters. The number of fused-ring (bicyclic) bond motifs is 1. The van der Waals surface area contributed by atoms with E-state index in [9.17, 15) is 14.0 Å². The van der Waals surface area contributed by atoms with Crippen LogP contribution in [0.4, 0.5) is 10.1 Å². The minimum atomic E-state index is -0.577. The van der Waals surface area contributed by atoms with Crippen LogP contribution in [-0.2, 0) is 4.79 Å². The van der Waals surface area contributed by atoms with Gasteiger partial charge in [-0.2, -0.15) is 0 Å². The molecule has 128 valence electrons. The zero-order valence-electron chi connectivity index (χ0n) is 12.6. The van der Waals surface area contributed by atoms with Crippen molar-refractivity contribution < 1.29 is 14.0 Å². The topological polar surface area (TPSA) is 58.2 Å². The quantitative estimate of drug-likeness (QED) is 0.670. The number of thiophene rings is 1. The third kappa shape index (κ3) is 3.92.